The molecule has 0 aliphatic carbocycles. The third kappa shape index (κ3) is 29.4. The van der Waals surface area contributed by atoms with Gasteiger partial charge in [-0.05, 0) is 98.7 Å². The van der Waals surface area contributed by atoms with Crippen molar-refractivity contribution in [2.45, 2.75) is 234 Å². The molecule has 0 spiro atoms. The molecule has 3 aromatic heterocycles. The topological polar surface area (TPSA) is 662 Å². The molecule has 3 aromatic carbocycles. The van der Waals surface area contributed by atoms with Crippen LogP contribution in [0.15, 0.2) is 97.7 Å². The van der Waals surface area contributed by atoms with Crippen molar-refractivity contribution in [3.63, 3.8) is 0 Å². The van der Waals surface area contributed by atoms with E-state index in [1.54, 1.807) is 74.8 Å². The number of fused-ring (bicyclic) bond motifs is 4. The number of imidazole rings is 1. The molecule has 738 valence electrons. The molecule has 3 saturated heterocycles. The minimum absolute atomic E-state index is 0.0120. The van der Waals surface area contributed by atoms with E-state index in [1.807, 2.05) is 13.8 Å². The van der Waals surface area contributed by atoms with E-state index in [2.05, 4.69) is 78.4 Å². The molecule has 24 N–H and O–H groups in total. The lowest BCUT2D eigenvalue weighted by Gasteiger charge is -2.36. The molecule has 9 rings (SSSR count). The number of nitrogens with two attached hydrogens (primary N) is 3. The molecule has 3 aliphatic rings. The van der Waals surface area contributed by atoms with Crippen molar-refractivity contribution in [3.05, 3.63) is 120 Å². The average Bonchev–Trinajstić information content (AvgIpc) is 1.57. The molecular weight excluding hydrogens is 1780 g/mol. The van der Waals surface area contributed by atoms with Crippen LogP contribution in [0.5, 0.6) is 5.75 Å². The van der Waals surface area contributed by atoms with Gasteiger partial charge in [0, 0.05) is 125 Å². The summed E-state index contributed by atoms with van der Waals surface area (Å²) in [5, 5.41) is 71.0. The summed E-state index contributed by atoms with van der Waals surface area (Å²) in [6, 6.07) is -2.28. The lowest BCUT2D eigenvalue weighted by atomic mass is 10.00. The van der Waals surface area contributed by atoms with Gasteiger partial charge in [-0.1, -0.05) is 102 Å². The molecule has 0 bridgehead atoms. The first-order chi connectivity index (χ1) is 64.8. The van der Waals surface area contributed by atoms with Crippen molar-refractivity contribution in [1.82, 2.24) is 103 Å². The molecule has 3 fully saturated rings. The highest BCUT2D eigenvalue weighted by Gasteiger charge is 2.47. The zero-order valence-electron chi connectivity index (χ0n) is 77.6. The second-order valence-corrected chi connectivity index (χ2v) is 36.0. The minimum Gasteiger partial charge on any atom is -0.508 e. The van der Waals surface area contributed by atoms with Gasteiger partial charge in [0.2, 0.25) is 100 Å². The number of benzene rings is 3. The van der Waals surface area contributed by atoms with E-state index in [0.717, 1.165) is 36.3 Å². The number of aromatic amines is 3. The molecule has 17 amide bonds. The van der Waals surface area contributed by atoms with Crippen LogP contribution < -0.4 is 75.7 Å². The Hall–Kier alpha value is -13.7. The molecule has 44 nitrogen and oxygen atoms in total. The Balaban J connectivity index is 1.10. The molecule has 1 unspecified atom stereocenters. The van der Waals surface area contributed by atoms with E-state index >= 15 is 38.4 Å². The lowest BCUT2D eigenvalue weighted by molar-refractivity contribution is -0.149. The summed E-state index contributed by atoms with van der Waals surface area (Å²) in [5.41, 5.74) is 19.8. The first-order valence-electron chi connectivity index (χ1n) is 45.6. The van der Waals surface area contributed by atoms with E-state index in [4.69, 9.17) is 22.6 Å². The Morgan fingerprint density at radius 2 is 1.09 bits per heavy atom. The van der Waals surface area contributed by atoms with Crippen molar-refractivity contribution in [2.24, 2.45) is 23.1 Å². The van der Waals surface area contributed by atoms with Crippen LogP contribution >= 0.6 is 11.8 Å². The van der Waals surface area contributed by atoms with Crippen LogP contribution in [0, 0.1) is 11.3 Å². The summed E-state index contributed by atoms with van der Waals surface area (Å²) in [7, 11) is 3.94. The fraction of sp³-hybridized carbons (Fsp3) is 0.527. The van der Waals surface area contributed by atoms with E-state index in [-0.39, 0.29) is 89.5 Å². The first-order valence-corrected chi connectivity index (χ1v) is 46.7. The third-order valence-corrected chi connectivity index (χ3v) is 25.4. The number of carbonyl (C=O) groups excluding carboxylic acids is 17. The summed E-state index contributed by atoms with van der Waals surface area (Å²) in [4.78, 5) is 269. The van der Waals surface area contributed by atoms with Crippen molar-refractivity contribution >= 4 is 140 Å². The Labute approximate surface area is 790 Å². The van der Waals surface area contributed by atoms with E-state index in [1.165, 1.54) is 64.9 Å². The summed E-state index contributed by atoms with van der Waals surface area (Å²) >= 11 is 0.774. The number of rotatable bonds is 26. The minimum atomic E-state index is -1.90. The van der Waals surface area contributed by atoms with Crippen LogP contribution in [0.25, 0.3) is 21.8 Å². The normalized spacial score (nSPS) is 24.7. The van der Waals surface area contributed by atoms with Gasteiger partial charge in [-0.2, -0.15) is 0 Å². The number of aliphatic hydroxyl groups excluding tert-OH is 2. The van der Waals surface area contributed by atoms with E-state index < -0.39 is 247 Å². The number of guanidine groups is 1. The van der Waals surface area contributed by atoms with Gasteiger partial charge >= 0.3 is 0 Å². The highest BCUT2D eigenvalue weighted by atomic mass is 32.2. The smallest absolute Gasteiger partial charge is 0.246 e. The SMILES string of the molecule is CCCC[C@H]1C(=O)N(C)[C@@H](CCCC)C(=O)N[C@@H](CCCNC(=N)N)C(=O)NC(C(=O)NCC(N)=O)CSCC(=O)N[C@@H](Cc2ccc(O)cc2)C(=O)N(C)[C@@H](C)C(=O)N[C@@H](Cc2cnc[nH]2)C(=O)N2CCC[C@H]2C(=O)N[C@@H](CC(N)=O)C(=O)N[C@@H](CC(C)C)C(=O)N2C[C@H](O)C[C@H]2C(=O)N[C@@H](Cc2c[nH]c3ccccc23)C(=O)N[C@@H](CO)C(=O)N[C@@H](Cc2c[nH]c3ccccc23)C(=O)N1C. The number of nitrogens with one attached hydrogen (secondary N) is 15. The maximum atomic E-state index is 15.8. The molecule has 0 saturated carbocycles. The fourth-order valence-corrected chi connectivity index (χ4v) is 17.6. The number of hydrogen-bond acceptors (Lipinski definition) is 23. The molecule has 6 aromatic rings. The zero-order valence-corrected chi connectivity index (χ0v) is 78.4. The quantitative estimate of drug-likeness (QED) is 0.0147. The van der Waals surface area contributed by atoms with Crippen molar-refractivity contribution < 1.29 is 96.8 Å². The van der Waals surface area contributed by atoms with Gasteiger partial charge in [0.1, 0.15) is 90.3 Å². The highest BCUT2D eigenvalue weighted by Crippen LogP contribution is 2.28. The second kappa shape index (κ2) is 50.6. The number of H-pyrrole nitrogens is 3. The predicted molar refractivity (Wildman–Crippen MR) is 500 cm³/mol. The number of amides is 17. The van der Waals surface area contributed by atoms with Gasteiger partial charge in [0.25, 0.3) is 0 Å². The Morgan fingerprint density at radius 3 is 1.70 bits per heavy atom. The number of phenolic OH excluding ortho intramolecular Hbond substituents is 1. The third-order valence-electron chi connectivity index (χ3n) is 24.3. The number of likely N-dealkylation sites (N-methyl/N-ethyl adjacent to an activating group) is 3. The lowest BCUT2D eigenvalue weighted by Crippen LogP contribution is -2.62. The van der Waals surface area contributed by atoms with Gasteiger partial charge in [-0.15, -0.1) is 11.8 Å². The Morgan fingerprint density at radius 1 is 0.551 bits per heavy atom. The molecule has 136 heavy (non-hydrogen) atoms. The summed E-state index contributed by atoms with van der Waals surface area (Å²) < 4.78 is 0. The Kier molecular flexibility index (Phi) is 39.4. The van der Waals surface area contributed by atoms with Crippen LogP contribution in [0.1, 0.15) is 140 Å². The number of carbonyl (C=O) groups is 17. The number of aromatic nitrogens is 4. The van der Waals surface area contributed by atoms with Crippen LogP contribution in [-0.4, -0.2) is 322 Å². The average molecular weight is 1910 g/mol. The molecule has 6 heterocycles. The zero-order chi connectivity index (χ0) is 99.3. The van der Waals surface area contributed by atoms with Crippen molar-refractivity contribution in [1.29, 1.82) is 5.41 Å². The standard InChI is InChI=1S/C91H128N24O20S/c1-9-11-24-70-83(128)103-61(23-17-31-97-91(94)95)79(124)110-69(78(123)100-43-75(93)120)46-136-47-76(121)102-65(34-51-27-29-55(117)30-28-51)86(131)111(6)50(5)77(122)106-67(37-54-42-96-48-101-54)88(133)114-32-18-26-71(114)84(129)105-63(39-74(92)119)81(126)107-64(33-49(3)4)89(134)115-44-56(118)38-73(115)85(130)104-62(35-52-40-98-59-21-15-13-19-57(52)59)80(125)109-68(45-116)82(127)108-66(36-53-41-99-60-22-16-14-20-58(53)60)87(132)113(8)72(25-12-10-2)90(135)112(70)7/h13-16,19-22,27-30,40-42,48-50,56,61-73,98-99,116-118H,9-12,17-18,23-26,31-39,43-47H2,1-8H3,(H2,92,119)(H2,93,120)(H,96,101)(H,100,123)(H,102,121)(H,103,128)(H,104,130)(H,105,129)(H,106,122)(H,107,126)(H,108,127)(H,109,125)(H,110,124)(H4,94,95,97)/t50-,56+,61-,62-,63-,64-,65-,66-,67-,68-,69?,70-,71-,72-,73-/m0/s1. The van der Waals surface area contributed by atoms with Gasteiger partial charge in [0.05, 0.1) is 37.8 Å². The molecule has 45 heteroatoms. The number of aliphatic hydroxyl groups is 2. The van der Waals surface area contributed by atoms with Gasteiger partial charge in [-0.25, -0.2) is 4.98 Å². The monoisotopic (exact) mass is 1910 g/mol. The molecule has 0 radical (unpaired) electrons. The number of phenols is 1. The number of nitrogens with zero attached hydrogens (tertiary/aromatic N) is 6. The summed E-state index contributed by atoms with van der Waals surface area (Å²) in [5.74, 6) is -18.1. The molecule has 3 aliphatic heterocycles. The number of thioether (sulfide) groups is 1. The van der Waals surface area contributed by atoms with Crippen LogP contribution in [0.2, 0.25) is 0 Å². The highest BCUT2D eigenvalue weighted by molar-refractivity contribution is 8.00. The van der Waals surface area contributed by atoms with E-state index in [0.29, 0.717) is 69.9 Å². The number of unbranched alkanes of at least 4 members (excludes halogenated alkanes) is 2. The van der Waals surface area contributed by atoms with Gasteiger partial charge < -0.3 is 130 Å². The van der Waals surface area contributed by atoms with Crippen molar-refractivity contribution in [2.75, 3.05) is 65.4 Å². The molecular formula is C91H128N24O20S. The predicted octanol–water partition coefficient (Wildman–Crippen LogP) is -2.93. The van der Waals surface area contributed by atoms with Crippen LogP contribution in [0.4, 0.5) is 0 Å². The Bertz CT molecular complexity index is 5250. The number of aromatic hydroxyl groups is 1. The maximum absolute atomic E-state index is 15.8. The van der Waals surface area contributed by atoms with E-state index in [9.17, 15) is 58.5 Å². The summed E-state index contributed by atoms with van der Waals surface area (Å²) in [6.07, 6.45) is 3.56. The van der Waals surface area contributed by atoms with Crippen molar-refractivity contribution in [3.8, 4) is 5.75 Å². The largest absolute Gasteiger partial charge is 0.508 e. The number of hydrogen-bond donors (Lipinski definition) is 21. The number of para-hydroxylation sites is 2. The van der Waals surface area contributed by atoms with Crippen LogP contribution in [0.3, 0.4) is 0 Å². The maximum Gasteiger partial charge on any atom is 0.246 e. The fourth-order valence-electron chi connectivity index (χ4n) is 16.8. The van der Waals surface area contributed by atoms with Gasteiger partial charge in [0.15, 0.2) is 5.96 Å². The summed E-state index contributed by atoms with van der Waals surface area (Å²) in [6.45, 7) is 6.00. The van der Waals surface area contributed by atoms with Gasteiger partial charge in [-0.3, -0.25) is 86.9 Å². The first kappa shape index (κ1) is 106. The number of primary amides is 2. The second-order valence-electron chi connectivity index (χ2n) is 35.0. The van der Waals surface area contributed by atoms with Crippen LogP contribution in [-0.2, 0) is 107 Å². The molecule has 15 atom stereocenters.